The average Bonchev–Trinajstić information content (AvgIpc) is 3.16. The largest absolute Gasteiger partial charge is 0.465 e. The van der Waals surface area contributed by atoms with Crippen LogP contribution >= 0.6 is 0 Å². The number of rotatable bonds is 4. The van der Waals surface area contributed by atoms with Crippen LogP contribution in [0.5, 0.6) is 0 Å². The Labute approximate surface area is 139 Å². The van der Waals surface area contributed by atoms with Crippen molar-refractivity contribution < 1.29 is 12.8 Å². The summed E-state index contributed by atoms with van der Waals surface area (Å²) in [5.41, 5.74) is 0. The summed E-state index contributed by atoms with van der Waals surface area (Å²) < 4.78 is 35.1. The van der Waals surface area contributed by atoms with Crippen molar-refractivity contribution in [2.75, 3.05) is 33.7 Å². The quantitative estimate of drug-likeness (QED) is 0.840. The van der Waals surface area contributed by atoms with Gasteiger partial charge >= 0.3 is 0 Å². The molecule has 3 rings (SSSR count). The second-order valence-electron chi connectivity index (χ2n) is 6.82. The maximum absolute atomic E-state index is 13.1. The molecule has 0 spiro atoms. The van der Waals surface area contributed by atoms with Gasteiger partial charge < -0.3 is 9.32 Å². The highest BCUT2D eigenvalue weighted by Gasteiger charge is 2.41. The first-order valence-electron chi connectivity index (χ1n) is 8.39. The predicted octanol–water partition coefficient (Wildman–Crippen LogP) is 2.00. The first kappa shape index (κ1) is 17.0. The van der Waals surface area contributed by atoms with Gasteiger partial charge in [-0.1, -0.05) is 0 Å². The summed E-state index contributed by atoms with van der Waals surface area (Å²) in [6.45, 7) is 3.68. The highest BCUT2D eigenvalue weighted by molar-refractivity contribution is 7.86. The second-order valence-corrected chi connectivity index (χ2v) is 8.70. The van der Waals surface area contributed by atoms with E-state index < -0.39 is 10.2 Å². The van der Waals surface area contributed by atoms with Gasteiger partial charge in [-0.25, -0.2) is 0 Å². The molecule has 2 fully saturated rings. The maximum atomic E-state index is 13.1. The normalized spacial score (nSPS) is 25.5. The maximum Gasteiger partial charge on any atom is 0.282 e. The van der Waals surface area contributed by atoms with Crippen molar-refractivity contribution in [1.29, 1.82) is 0 Å². The van der Waals surface area contributed by atoms with Gasteiger partial charge in [-0.2, -0.15) is 17.0 Å². The SMILES string of the molecule is Cc1ccc(C2CCCN2S(=O)(=O)N2CCC(N(C)C)CC2)o1. The van der Waals surface area contributed by atoms with Crippen LogP contribution in [0.25, 0.3) is 0 Å². The molecule has 0 amide bonds. The Morgan fingerprint density at radius 2 is 1.83 bits per heavy atom. The second kappa shape index (κ2) is 6.55. The summed E-state index contributed by atoms with van der Waals surface area (Å²) in [4.78, 5) is 2.19. The zero-order valence-electron chi connectivity index (χ0n) is 14.2. The molecule has 1 unspecified atom stereocenters. The van der Waals surface area contributed by atoms with E-state index in [4.69, 9.17) is 4.42 Å². The topological polar surface area (TPSA) is 57.0 Å². The third-order valence-electron chi connectivity index (χ3n) is 5.07. The van der Waals surface area contributed by atoms with E-state index in [9.17, 15) is 8.42 Å². The van der Waals surface area contributed by atoms with Crippen LogP contribution in [0.4, 0.5) is 0 Å². The van der Waals surface area contributed by atoms with Crippen molar-refractivity contribution in [2.24, 2.45) is 0 Å². The Balaban J connectivity index is 1.74. The molecule has 1 aromatic rings. The summed E-state index contributed by atoms with van der Waals surface area (Å²) in [5.74, 6) is 1.60. The molecular weight excluding hydrogens is 314 g/mol. The third kappa shape index (κ3) is 3.33. The molecule has 0 aromatic carbocycles. The Morgan fingerprint density at radius 1 is 1.13 bits per heavy atom. The molecule has 0 aliphatic carbocycles. The van der Waals surface area contributed by atoms with Gasteiger partial charge in [-0.3, -0.25) is 0 Å². The third-order valence-corrected chi connectivity index (χ3v) is 7.12. The van der Waals surface area contributed by atoms with Crippen LogP contribution in [-0.2, 0) is 10.2 Å². The molecule has 2 aliphatic rings. The van der Waals surface area contributed by atoms with Gasteiger partial charge in [0.1, 0.15) is 11.5 Å². The van der Waals surface area contributed by atoms with E-state index in [0.717, 1.165) is 37.2 Å². The minimum Gasteiger partial charge on any atom is -0.465 e. The van der Waals surface area contributed by atoms with Gasteiger partial charge in [0.05, 0.1) is 6.04 Å². The predicted molar refractivity (Wildman–Crippen MR) is 89.3 cm³/mol. The Kier molecular flexibility index (Phi) is 4.83. The summed E-state index contributed by atoms with van der Waals surface area (Å²) >= 11 is 0. The fourth-order valence-electron chi connectivity index (χ4n) is 3.67. The summed E-state index contributed by atoms with van der Waals surface area (Å²) in [6.07, 6.45) is 3.51. The van der Waals surface area contributed by atoms with Gasteiger partial charge in [0, 0.05) is 25.7 Å². The van der Waals surface area contributed by atoms with Crippen LogP contribution in [-0.4, -0.2) is 61.7 Å². The lowest BCUT2D eigenvalue weighted by atomic mass is 10.1. The molecule has 2 saturated heterocycles. The lowest BCUT2D eigenvalue weighted by molar-refractivity contribution is 0.187. The van der Waals surface area contributed by atoms with E-state index in [0.29, 0.717) is 25.7 Å². The fraction of sp³-hybridized carbons (Fsp3) is 0.750. The first-order chi connectivity index (χ1) is 10.9. The lowest BCUT2D eigenvalue weighted by Crippen LogP contribution is -2.49. The van der Waals surface area contributed by atoms with Crippen molar-refractivity contribution in [2.45, 2.75) is 44.7 Å². The molecule has 2 aliphatic heterocycles. The van der Waals surface area contributed by atoms with Crippen LogP contribution in [0.3, 0.4) is 0 Å². The van der Waals surface area contributed by atoms with Crippen molar-refractivity contribution in [3.63, 3.8) is 0 Å². The van der Waals surface area contributed by atoms with Gasteiger partial charge in [-0.15, -0.1) is 0 Å². The number of aryl methyl sites for hydroxylation is 1. The average molecular weight is 341 g/mol. The van der Waals surface area contributed by atoms with Crippen molar-refractivity contribution in [1.82, 2.24) is 13.5 Å². The van der Waals surface area contributed by atoms with E-state index in [1.165, 1.54) is 0 Å². The van der Waals surface area contributed by atoms with Gasteiger partial charge in [0.25, 0.3) is 10.2 Å². The first-order valence-corrected chi connectivity index (χ1v) is 9.79. The van der Waals surface area contributed by atoms with Gasteiger partial charge in [-0.05, 0) is 58.8 Å². The Bertz CT molecular complexity index is 633. The van der Waals surface area contributed by atoms with Crippen molar-refractivity contribution in [3.05, 3.63) is 23.7 Å². The Hall–Kier alpha value is -0.890. The molecule has 7 heteroatoms. The summed E-state index contributed by atoms with van der Waals surface area (Å²) in [6, 6.07) is 4.14. The monoisotopic (exact) mass is 341 g/mol. The van der Waals surface area contributed by atoms with Crippen LogP contribution in [0.1, 0.15) is 43.2 Å². The zero-order chi connectivity index (χ0) is 16.6. The number of furan rings is 1. The van der Waals surface area contributed by atoms with E-state index >= 15 is 0 Å². The smallest absolute Gasteiger partial charge is 0.282 e. The molecule has 0 saturated carbocycles. The van der Waals surface area contributed by atoms with Gasteiger partial charge in [0.15, 0.2) is 0 Å². The molecule has 0 N–H and O–H groups in total. The van der Waals surface area contributed by atoms with E-state index in [1.54, 1.807) is 8.61 Å². The Morgan fingerprint density at radius 3 is 2.39 bits per heavy atom. The van der Waals surface area contributed by atoms with Crippen molar-refractivity contribution in [3.8, 4) is 0 Å². The standard InChI is InChI=1S/C16H27N3O3S/c1-13-6-7-16(22-13)15-5-4-10-19(15)23(20,21)18-11-8-14(9-12-18)17(2)3/h6-7,14-15H,4-5,8-12H2,1-3H3. The molecule has 3 heterocycles. The molecule has 130 valence electrons. The zero-order valence-corrected chi connectivity index (χ0v) is 15.1. The number of hydrogen-bond donors (Lipinski definition) is 0. The van der Waals surface area contributed by atoms with E-state index in [2.05, 4.69) is 19.0 Å². The highest BCUT2D eigenvalue weighted by atomic mass is 32.2. The summed E-state index contributed by atoms with van der Waals surface area (Å²) in [7, 11) is 0.709. The number of piperidine rings is 1. The molecular formula is C16H27N3O3S. The summed E-state index contributed by atoms with van der Waals surface area (Å²) in [5, 5.41) is 0. The molecule has 0 bridgehead atoms. The van der Waals surface area contributed by atoms with Gasteiger partial charge in [0.2, 0.25) is 0 Å². The lowest BCUT2D eigenvalue weighted by Gasteiger charge is -2.37. The van der Waals surface area contributed by atoms with Crippen LogP contribution in [0.15, 0.2) is 16.5 Å². The molecule has 0 radical (unpaired) electrons. The van der Waals surface area contributed by atoms with Crippen LogP contribution < -0.4 is 0 Å². The van der Waals surface area contributed by atoms with Crippen molar-refractivity contribution >= 4 is 10.2 Å². The molecule has 1 atom stereocenters. The van der Waals surface area contributed by atoms with E-state index in [1.807, 2.05) is 19.1 Å². The molecule has 6 nitrogen and oxygen atoms in total. The minimum atomic E-state index is -3.41. The molecule has 23 heavy (non-hydrogen) atoms. The number of hydrogen-bond acceptors (Lipinski definition) is 4. The number of nitrogens with zero attached hydrogens (tertiary/aromatic N) is 3. The highest BCUT2D eigenvalue weighted by Crippen LogP contribution is 2.36. The van der Waals surface area contributed by atoms with Crippen LogP contribution in [0, 0.1) is 6.92 Å². The van der Waals surface area contributed by atoms with Crippen LogP contribution in [0.2, 0.25) is 0 Å². The van der Waals surface area contributed by atoms with E-state index in [-0.39, 0.29) is 6.04 Å². The fourth-order valence-corrected chi connectivity index (χ4v) is 5.53. The minimum absolute atomic E-state index is 0.153. The molecule has 1 aromatic heterocycles.